The molecule has 0 aromatic carbocycles. The Hall–Kier alpha value is -0.350. The van der Waals surface area contributed by atoms with Crippen LogP contribution in [0.1, 0.15) is 56.1 Å². The first-order valence-corrected chi connectivity index (χ1v) is 8.55. The zero-order chi connectivity index (χ0) is 14.0. The van der Waals surface area contributed by atoms with E-state index in [4.69, 9.17) is 0 Å². The highest BCUT2D eigenvalue weighted by Crippen LogP contribution is 2.38. The highest BCUT2D eigenvalue weighted by molar-refractivity contribution is 9.11. The third kappa shape index (κ3) is 3.82. The summed E-state index contributed by atoms with van der Waals surface area (Å²) in [4.78, 5) is 13.1. The zero-order valence-corrected chi connectivity index (χ0v) is 14.2. The van der Waals surface area contributed by atoms with Gasteiger partial charge in [-0.15, -0.1) is 11.3 Å². The van der Waals surface area contributed by atoms with Gasteiger partial charge >= 0.3 is 0 Å². The van der Waals surface area contributed by atoms with Crippen LogP contribution in [0.4, 0.5) is 0 Å². The molecule has 2 nitrogen and oxygen atoms in total. The summed E-state index contributed by atoms with van der Waals surface area (Å²) in [5.41, 5.74) is 0.258. The largest absolute Gasteiger partial charge is 0.348 e. The van der Waals surface area contributed by atoms with Crippen LogP contribution >= 0.6 is 27.3 Å². The molecule has 1 aromatic rings. The van der Waals surface area contributed by atoms with E-state index in [1.807, 2.05) is 12.1 Å². The minimum atomic E-state index is 0.0804. The molecule has 19 heavy (non-hydrogen) atoms. The molecule has 1 N–H and O–H groups in total. The number of carbonyl (C=O) groups is 1. The van der Waals surface area contributed by atoms with Gasteiger partial charge in [0, 0.05) is 6.04 Å². The molecule has 1 aliphatic carbocycles. The fraction of sp³-hybridized carbons (Fsp3) is 0.667. The van der Waals surface area contributed by atoms with Crippen LogP contribution in [-0.2, 0) is 0 Å². The predicted molar refractivity (Wildman–Crippen MR) is 84.7 cm³/mol. The van der Waals surface area contributed by atoms with Crippen molar-refractivity contribution in [2.45, 2.75) is 52.5 Å². The number of nitrogens with one attached hydrogen (secondary N) is 1. The van der Waals surface area contributed by atoms with E-state index in [0.717, 1.165) is 15.1 Å². The molecule has 1 fully saturated rings. The fourth-order valence-electron chi connectivity index (χ4n) is 3.02. The van der Waals surface area contributed by atoms with Gasteiger partial charge in [-0.2, -0.15) is 0 Å². The minimum Gasteiger partial charge on any atom is -0.348 e. The SMILES string of the molecule is CC(C)(C)C1CCCCC1NC(=O)c1ccc(Br)s1. The van der Waals surface area contributed by atoms with Crippen molar-refractivity contribution in [3.8, 4) is 0 Å². The van der Waals surface area contributed by atoms with Crippen molar-refractivity contribution in [3.63, 3.8) is 0 Å². The molecule has 1 aliphatic rings. The van der Waals surface area contributed by atoms with Gasteiger partial charge in [-0.25, -0.2) is 0 Å². The van der Waals surface area contributed by atoms with Crippen LogP contribution in [0.25, 0.3) is 0 Å². The average Bonchev–Trinajstić information content (AvgIpc) is 2.75. The molecular weight excluding hydrogens is 322 g/mol. The Labute approximate surface area is 128 Å². The first-order chi connectivity index (χ1) is 8.88. The lowest BCUT2D eigenvalue weighted by Crippen LogP contribution is -2.46. The first-order valence-electron chi connectivity index (χ1n) is 6.94. The highest BCUT2D eigenvalue weighted by Gasteiger charge is 2.35. The monoisotopic (exact) mass is 343 g/mol. The molecule has 1 heterocycles. The van der Waals surface area contributed by atoms with E-state index >= 15 is 0 Å². The Morgan fingerprint density at radius 2 is 2.00 bits per heavy atom. The molecule has 1 amide bonds. The number of carbonyl (C=O) groups excluding carboxylic acids is 1. The molecule has 0 radical (unpaired) electrons. The first kappa shape index (κ1) is 15.0. The van der Waals surface area contributed by atoms with Crippen LogP contribution in [0.2, 0.25) is 0 Å². The maximum atomic E-state index is 12.3. The summed E-state index contributed by atoms with van der Waals surface area (Å²) in [6.45, 7) is 6.84. The third-order valence-corrected chi connectivity index (χ3v) is 5.61. The van der Waals surface area contributed by atoms with Crippen molar-refractivity contribution in [2.24, 2.45) is 11.3 Å². The molecule has 1 aromatic heterocycles. The fourth-order valence-corrected chi connectivity index (χ4v) is 4.31. The Balaban J connectivity index is 2.05. The van der Waals surface area contributed by atoms with E-state index in [-0.39, 0.29) is 11.3 Å². The summed E-state index contributed by atoms with van der Waals surface area (Å²) in [6, 6.07) is 4.14. The van der Waals surface area contributed by atoms with Crippen molar-refractivity contribution in [1.29, 1.82) is 0 Å². The van der Waals surface area contributed by atoms with Crippen molar-refractivity contribution >= 4 is 33.2 Å². The van der Waals surface area contributed by atoms with E-state index in [1.165, 1.54) is 30.6 Å². The van der Waals surface area contributed by atoms with Gasteiger partial charge in [0.25, 0.3) is 5.91 Å². The van der Waals surface area contributed by atoms with Gasteiger partial charge in [-0.1, -0.05) is 33.6 Å². The number of thiophene rings is 1. The van der Waals surface area contributed by atoms with Gasteiger partial charge in [0.05, 0.1) is 8.66 Å². The van der Waals surface area contributed by atoms with Gasteiger partial charge in [0.15, 0.2) is 0 Å². The van der Waals surface area contributed by atoms with Crippen LogP contribution in [-0.4, -0.2) is 11.9 Å². The minimum absolute atomic E-state index is 0.0804. The van der Waals surface area contributed by atoms with E-state index in [9.17, 15) is 4.79 Å². The van der Waals surface area contributed by atoms with Gasteiger partial charge in [-0.05, 0) is 52.2 Å². The van der Waals surface area contributed by atoms with Gasteiger partial charge in [0.1, 0.15) is 0 Å². The second-order valence-corrected chi connectivity index (χ2v) is 8.90. The second kappa shape index (κ2) is 5.96. The number of hydrogen-bond acceptors (Lipinski definition) is 2. The molecule has 4 heteroatoms. The third-order valence-electron chi connectivity index (χ3n) is 3.99. The standard InChI is InChI=1S/C15H22BrNOS/c1-15(2,3)10-6-4-5-7-11(10)17-14(18)12-8-9-13(16)19-12/h8-11H,4-7H2,1-3H3,(H,17,18). The Morgan fingerprint density at radius 1 is 1.32 bits per heavy atom. The topological polar surface area (TPSA) is 29.1 Å². The molecule has 1 saturated carbocycles. The molecule has 2 atom stereocenters. The normalized spacial score (nSPS) is 24.2. The maximum Gasteiger partial charge on any atom is 0.261 e. The van der Waals surface area contributed by atoms with E-state index in [2.05, 4.69) is 42.0 Å². The molecule has 0 aliphatic heterocycles. The summed E-state index contributed by atoms with van der Waals surface area (Å²) < 4.78 is 1.01. The number of rotatable bonds is 2. The van der Waals surface area contributed by atoms with Crippen LogP contribution in [0.15, 0.2) is 15.9 Å². The van der Waals surface area contributed by atoms with Gasteiger partial charge in [-0.3, -0.25) is 4.79 Å². The Bertz CT molecular complexity index is 449. The van der Waals surface area contributed by atoms with Gasteiger partial charge in [0.2, 0.25) is 0 Å². The molecule has 0 saturated heterocycles. The second-order valence-electron chi connectivity index (χ2n) is 6.44. The summed E-state index contributed by atoms with van der Waals surface area (Å²) in [5.74, 6) is 0.658. The number of amides is 1. The van der Waals surface area contributed by atoms with E-state index in [0.29, 0.717) is 12.0 Å². The molecule has 0 bridgehead atoms. The number of halogens is 1. The lowest BCUT2D eigenvalue weighted by atomic mass is 9.69. The Morgan fingerprint density at radius 3 is 2.58 bits per heavy atom. The summed E-state index contributed by atoms with van der Waals surface area (Å²) in [5, 5.41) is 3.26. The smallest absolute Gasteiger partial charge is 0.261 e. The maximum absolute atomic E-state index is 12.3. The van der Waals surface area contributed by atoms with Crippen molar-refractivity contribution < 1.29 is 4.79 Å². The molecule has 2 rings (SSSR count). The van der Waals surface area contributed by atoms with E-state index in [1.54, 1.807) is 0 Å². The molecule has 106 valence electrons. The molecular formula is C15H22BrNOS. The lowest BCUT2D eigenvalue weighted by molar-refractivity contribution is 0.0834. The lowest BCUT2D eigenvalue weighted by Gasteiger charge is -2.40. The van der Waals surface area contributed by atoms with Crippen molar-refractivity contribution in [1.82, 2.24) is 5.32 Å². The predicted octanol–water partition coefficient (Wildman–Crippen LogP) is 4.85. The van der Waals surface area contributed by atoms with Gasteiger partial charge < -0.3 is 5.32 Å². The van der Waals surface area contributed by atoms with E-state index < -0.39 is 0 Å². The number of hydrogen-bond donors (Lipinski definition) is 1. The molecule has 2 unspecified atom stereocenters. The van der Waals surface area contributed by atoms with Crippen LogP contribution in [0.3, 0.4) is 0 Å². The quantitative estimate of drug-likeness (QED) is 0.817. The average molecular weight is 344 g/mol. The van der Waals surface area contributed by atoms with Crippen molar-refractivity contribution in [2.75, 3.05) is 0 Å². The highest BCUT2D eigenvalue weighted by atomic mass is 79.9. The summed E-state index contributed by atoms with van der Waals surface area (Å²) in [6.07, 6.45) is 4.85. The summed E-state index contributed by atoms with van der Waals surface area (Å²) in [7, 11) is 0. The van der Waals surface area contributed by atoms with Crippen LogP contribution in [0.5, 0.6) is 0 Å². The summed E-state index contributed by atoms with van der Waals surface area (Å²) >= 11 is 4.91. The van der Waals surface area contributed by atoms with Crippen LogP contribution < -0.4 is 5.32 Å². The van der Waals surface area contributed by atoms with Crippen molar-refractivity contribution in [3.05, 3.63) is 20.8 Å². The zero-order valence-electron chi connectivity index (χ0n) is 11.8. The van der Waals surface area contributed by atoms with Crippen LogP contribution in [0, 0.1) is 11.3 Å². The molecule has 0 spiro atoms. The Kier molecular flexibility index (Phi) is 4.72.